The van der Waals surface area contributed by atoms with Crippen LogP contribution in [0.5, 0.6) is 0 Å². The Kier molecular flexibility index (Phi) is 4.78. The van der Waals surface area contributed by atoms with Crippen molar-refractivity contribution in [1.82, 2.24) is 4.98 Å². The van der Waals surface area contributed by atoms with Gasteiger partial charge < -0.3 is 5.32 Å². The molecule has 0 fully saturated rings. The Hall–Kier alpha value is -2.77. The Bertz CT molecular complexity index is 954. The molecule has 0 saturated carbocycles. The Morgan fingerprint density at radius 1 is 1.24 bits per heavy atom. The summed E-state index contributed by atoms with van der Waals surface area (Å²) in [6, 6.07) is 12.9. The molecule has 0 spiro atoms. The van der Waals surface area contributed by atoms with E-state index in [1.807, 2.05) is 12.1 Å². The quantitative estimate of drug-likeness (QED) is 0.518. The van der Waals surface area contributed by atoms with Crippen molar-refractivity contribution in [3.05, 3.63) is 74.2 Å². The summed E-state index contributed by atoms with van der Waals surface area (Å²) >= 11 is 7.26. The third kappa shape index (κ3) is 3.84. The minimum atomic E-state index is -0.490. The van der Waals surface area contributed by atoms with Gasteiger partial charge in [0.2, 0.25) is 0 Å². The summed E-state index contributed by atoms with van der Waals surface area (Å²) in [7, 11) is 0. The number of anilines is 1. The minimum Gasteiger partial charge on any atom is -0.321 e. The normalized spacial score (nSPS) is 10.5. The van der Waals surface area contributed by atoms with Gasteiger partial charge in [0.1, 0.15) is 9.88 Å². The predicted octanol–water partition coefficient (Wildman–Crippen LogP) is 4.93. The molecular formula is C17H12ClN3O3S. The van der Waals surface area contributed by atoms with E-state index in [9.17, 15) is 14.9 Å². The first-order valence-electron chi connectivity index (χ1n) is 7.23. The fourth-order valence-corrected chi connectivity index (χ4v) is 3.35. The number of nitro groups is 1. The number of nitrogens with one attached hydrogen (secondary N) is 1. The van der Waals surface area contributed by atoms with Gasteiger partial charge in [-0.3, -0.25) is 14.9 Å². The zero-order valence-corrected chi connectivity index (χ0v) is 14.6. The number of benzene rings is 2. The van der Waals surface area contributed by atoms with Crippen LogP contribution in [-0.2, 0) is 0 Å². The predicted molar refractivity (Wildman–Crippen MR) is 98.3 cm³/mol. The third-order valence-corrected chi connectivity index (χ3v) is 4.85. The first-order chi connectivity index (χ1) is 11.9. The fraction of sp³-hybridized carbons (Fsp3) is 0.0588. The number of thiazole rings is 1. The van der Waals surface area contributed by atoms with E-state index in [0.29, 0.717) is 26.3 Å². The van der Waals surface area contributed by atoms with Gasteiger partial charge in [-0.05, 0) is 31.2 Å². The zero-order chi connectivity index (χ0) is 18.0. The number of aryl methyl sites for hydroxylation is 1. The molecule has 126 valence electrons. The summed E-state index contributed by atoms with van der Waals surface area (Å²) in [6.07, 6.45) is 0. The maximum absolute atomic E-state index is 12.5. The maximum Gasteiger partial charge on any atom is 0.269 e. The zero-order valence-electron chi connectivity index (χ0n) is 13.0. The second-order valence-electron chi connectivity index (χ2n) is 5.20. The van der Waals surface area contributed by atoms with Gasteiger partial charge in [0.15, 0.2) is 0 Å². The molecule has 0 radical (unpaired) electrons. The molecule has 1 amide bonds. The summed E-state index contributed by atoms with van der Waals surface area (Å²) < 4.78 is 0. The molecule has 8 heteroatoms. The highest BCUT2D eigenvalue weighted by molar-refractivity contribution is 7.17. The smallest absolute Gasteiger partial charge is 0.269 e. The molecule has 0 atom stereocenters. The van der Waals surface area contributed by atoms with Gasteiger partial charge in [-0.2, -0.15) is 0 Å². The van der Waals surface area contributed by atoms with E-state index in [0.717, 1.165) is 5.56 Å². The third-order valence-electron chi connectivity index (χ3n) is 3.41. The van der Waals surface area contributed by atoms with Crippen molar-refractivity contribution in [2.24, 2.45) is 0 Å². The summed E-state index contributed by atoms with van der Waals surface area (Å²) in [5, 5.41) is 14.7. The number of aromatic nitrogens is 1. The SMILES string of the molecule is Cc1nc(-c2cccc(Cl)c2)sc1C(=O)Nc1ccc([N+](=O)[O-])cc1. The van der Waals surface area contributed by atoms with E-state index in [2.05, 4.69) is 10.3 Å². The van der Waals surface area contributed by atoms with E-state index >= 15 is 0 Å². The number of non-ortho nitro benzene ring substituents is 1. The standard InChI is InChI=1S/C17H12ClN3O3S/c1-10-15(25-17(19-10)11-3-2-4-12(18)9-11)16(22)20-13-5-7-14(8-6-13)21(23)24/h2-9H,1H3,(H,20,22). The van der Waals surface area contributed by atoms with Crippen LogP contribution in [0.2, 0.25) is 5.02 Å². The molecule has 1 N–H and O–H groups in total. The molecule has 0 aliphatic rings. The second-order valence-corrected chi connectivity index (χ2v) is 6.64. The number of hydrogen-bond donors (Lipinski definition) is 1. The lowest BCUT2D eigenvalue weighted by Crippen LogP contribution is -2.11. The number of nitro benzene ring substituents is 1. The van der Waals surface area contributed by atoms with Crippen molar-refractivity contribution in [1.29, 1.82) is 0 Å². The molecule has 3 rings (SSSR count). The number of carbonyl (C=O) groups is 1. The Balaban J connectivity index is 1.82. The van der Waals surface area contributed by atoms with Gasteiger partial charge in [-0.25, -0.2) is 4.98 Å². The van der Waals surface area contributed by atoms with Crippen LogP contribution in [0.25, 0.3) is 10.6 Å². The fourth-order valence-electron chi connectivity index (χ4n) is 2.21. The number of nitrogens with zero attached hydrogens (tertiary/aromatic N) is 2. The van der Waals surface area contributed by atoms with Crippen LogP contribution in [0.1, 0.15) is 15.4 Å². The topological polar surface area (TPSA) is 85.1 Å². The molecular weight excluding hydrogens is 362 g/mol. The van der Waals surface area contributed by atoms with Crippen LogP contribution in [0, 0.1) is 17.0 Å². The summed E-state index contributed by atoms with van der Waals surface area (Å²) in [6.45, 7) is 1.76. The lowest BCUT2D eigenvalue weighted by Gasteiger charge is -2.03. The van der Waals surface area contributed by atoms with Crippen LogP contribution >= 0.6 is 22.9 Å². The van der Waals surface area contributed by atoms with Gasteiger partial charge in [0.25, 0.3) is 11.6 Å². The summed E-state index contributed by atoms with van der Waals surface area (Å²) in [4.78, 5) is 27.6. The average molecular weight is 374 g/mol. The van der Waals surface area contributed by atoms with Crippen molar-refractivity contribution < 1.29 is 9.72 Å². The highest BCUT2D eigenvalue weighted by Crippen LogP contribution is 2.30. The first kappa shape index (κ1) is 17.1. The van der Waals surface area contributed by atoms with Crippen LogP contribution in [0.4, 0.5) is 11.4 Å². The van der Waals surface area contributed by atoms with Gasteiger partial charge in [0, 0.05) is 28.4 Å². The molecule has 0 bridgehead atoms. The van der Waals surface area contributed by atoms with Crippen LogP contribution in [-0.4, -0.2) is 15.8 Å². The number of carbonyl (C=O) groups excluding carboxylic acids is 1. The van der Waals surface area contributed by atoms with E-state index in [1.54, 1.807) is 19.1 Å². The molecule has 0 unspecified atom stereocenters. The number of amides is 1. The van der Waals surface area contributed by atoms with E-state index < -0.39 is 4.92 Å². The minimum absolute atomic E-state index is 0.0322. The average Bonchev–Trinajstić information content (AvgIpc) is 2.97. The number of hydrogen-bond acceptors (Lipinski definition) is 5. The van der Waals surface area contributed by atoms with Gasteiger partial charge >= 0.3 is 0 Å². The lowest BCUT2D eigenvalue weighted by molar-refractivity contribution is -0.384. The summed E-state index contributed by atoms with van der Waals surface area (Å²) in [5.41, 5.74) is 1.90. The number of halogens is 1. The Morgan fingerprint density at radius 2 is 1.96 bits per heavy atom. The molecule has 1 heterocycles. The summed E-state index contributed by atoms with van der Waals surface area (Å²) in [5.74, 6) is -0.308. The molecule has 3 aromatic rings. The highest BCUT2D eigenvalue weighted by atomic mass is 35.5. The molecule has 6 nitrogen and oxygen atoms in total. The van der Waals surface area contributed by atoms with Gasteiger partial charge in [0.05, 0.1) is 10.6 Å². The van der Waals surface area contributed by atoms with E-state index in [1.165, 1.54) is 35.6 Å². The van der Waals surface area contributed by atoms with Crippen LogP contribution in [0.3, 0.4) is 0 Å². The van der Waals surface area contributed by atoms with Crippen molar-refractivity contribution in [2.75, 3.05) is 5.32 Å². The molecule has 0 aliphatic carbocycles. The van der Waals surface area contributed by atoms with E-state index in [-0.39, 0.29) is 11.6 Å². The Morgan fingerprint density at radius 3 is 2.60 bits per heavy atom. The van der Waals surface area contributed by atoms with Crippen LogP contribution < -0.4 is 5.32 Å². The monoisotopic (exact) mass is 373 g/mol. The molecule has 0 saturated heterocycles. The highest BCUT2D eigenvalue weighted by Gasteiger charge is 2.17. The molecule has 0 aliphatic heterocycles. The molecule has 1 aromatic heterocycles. The van der Waals surface area contributed by atoms with E-state index in [4.69, 9.17) is 11.6 Å². The number of rotatable bonds is 4. The first-order valence-corrected chi connectivity index (χ1v) is 8.42. The van der Waals surface area contributed by atoms with Crippen molar-refractivity contribution >= 4 is 40.2 Å². The van der Waals surface area contributed by atoms with Gasteiger partial charge in [-0.1, -0.05) is 23.7 Å². The molecule has 25 heavy (non-hydrogen) atoms. The van der Waals surface area contributed by atoms with Crippen molar-refractivity contribution in [2.45, 2.75) is 6.92 Å². The van der Waals surface area contributed by atoms with Crippen molar-refractivity contribution in [3.8, 4) is 10.6 Å². The maximum atomic E-state index is 12.5. The second kappa shape index (κ2) is 7.00. The van der Waals surface area contributed by atoms with Gasteiger partial charge in [-0.15, -0.1) is 11.3 Å². The molecule has 2 aromatic carbocycles. The lowest BCUT2D eigenvalue weighted by atomic mass is 10.2. The van der Waals surface area contributed by atoms with Crippen LogP contribution in [0.15, 0.2) is 48.5 Å². The largest absolute Gasteiger partial charge is 0.321 e. The van der Waals surface area contributed by atoms with Crippen molar-refractivity contribution in [3.63, 3.8) is 0 Å². The Labute approximate surface area is 152 Å².